The Balaban J connectivity index is 1.72. The van der Waals surface area contributed by atoms with E-state index < -0.39 is 40.6 Å². The first-order valence-electron chi connectivity index (χ1n) is 8.28. The number of rotatable bonds is 6. The van der Waals surface area contributed by atoms with Gasteiger partial charge < -0.3 is 0 Å². The molecule has 0 aliphatic heterocycles. The second kappa shape index (κ2) is 8.10. The highest BCUT2D eigenvalue weighted by molar-refractivity contribution is 6.31. The van der Waals surface area contributed by atoms with Gasteiger partial charge in [0, 0.05) is 5.02 Å². The number of amides is 1. The summed E-state index contributed by atoms with van der Waals surface area (Å²) in [5, 5.41) is 21.0. The fourth-order valence-electron chi connectivity index (χ4n) is 2.63. The van der Waals surface area contributed by atoms with E-state index in [1.165, 1.54) is 11.0 Å². The highest BCUT2D eigenvalue weighted by atomic mass is 35.5. The molecule has 30 heavy (non-hydrogen) atoms. The molecule has 158 valence electrons. The van der Waals surface area contributed by atoms with Crippen molar-refractivity contribution < 1.29 is 22.9 Å². The molecule has 0 aliphatic carbocycles. The van der Waals surface area contributed by atoms with Crippen molar-refractivity contribution in [2.75, 3.05) is 5.32 Å². The molecule has 0 bridgehead atoms. The van der Waals surface area contributed by atoms with Crippen LogP contribution >= 0.6 is 11.6 Å². The van der Waals surface area contributed by atoms with E-state index in [0.29, 0.717) is 9.70 Å². The molecule has 1 aromatic carbocycles. The van der Waals surface area contributed by atoms with Crippen molar-refractivity contribution >= 4 is 29.1 Å². The molecule has 0 fully saturated rings. The van der Waals surface area contributed by atoms with Crippen LogP contribution in [-0.4, -0.2) is 35.4 Å². The Morgan fingerprint density at radius 3 is 2.60 bits per heavy atom. The molecule has 3 aromatic rings. The summed E-state index contributed by atoms with van der Waals surface area (Å²) in [6.07, 6.45) is -3.70. The molecule has 2 heterocycles. The number of hydrogen-bond acceptors (Lipinski definition) is 6. The van der Waals surface area contributed by atoms with Gasteiger partial charge in [-0.15, -0.1) is 5.10 Å². The molecule has 0 saturated carbocycles. The summed E-state index contributed by atoms with van der Waals surface area (Å²) in [7, 11) is 0. The lowest BCUT2D eigenvalue weighted by atomic mass is 10.2. The monoisotopic (exact) mass is 443 g/mol. The van der Waals surface area contributed by atoms with Crippen LogP contribution in [-0.2, 0) is 24.1 Å². The number of carbonyl (C=O) groups excluding carboxylic acids is 1. The Hall–Kier alpha value is -3.48. The third-order valence-electron chi connectivity index (χ3n) is 4.00. The number of benzene rings is 1. The molecular formula is C16H13ClF3N7O3. The van der Waals surface area contributed by atoms with Gasteiger partial charge >= 0.3 is 11.9 Å². The van der Waals surface area contributed by atoms with E-state index in [1.807, 2.05) is 0 Å². The van der Waals surface area contributed by atoms with Crippen LogP contribution in [0.1, 0.15) is 17.0 Å². The summed E-state index contributed by atoms with van der Waals surface area (Å²) in [6, 6.07) is 7.05. The molecule has 0 atom stereocenters. The third kappa shape index (κ3) is 4.56. The second-order valence-corrected chi connectivity index (χ2v) is 6.51. The number of alkyl halides is 3. The van der Waals surface area contributed by atoms with Gasteiger partial charge in [-0.05, 0) is 18.6 Å². The first kappa shape index (κ1) is 21.2. The lowest BCUT2D eigenvalue weighted by Gasteiger charge is -2.04. The van der Waals surface area contributed by atoms with Gasteiger partial charge in [-0.2, -0.15) is 18.3 Å². The summed E-state index contributed by atoms with van der Waals surface area (Å²) < 4.78 is 41.0. The van der Waals surface area contributed by atoms with Crippen LogP contribution in [0.25, 0.3) is 0 Å². The largest absolute Gasteiger partial charge is 0.442 e. The summed E-state index contributed by atoms with van der Waals surface area (Å²) in [5.74, 6) is -0.901. The van der Waals surface area contributed by atoms with Gasteiger partial charge in [-0.3, -0.25) is 24.9 Å². The molecular weight excluding hydrogens is 431 g/mol. The Bertz CT molecular complexity index is 1110. The molecule has 0 spiro atoms. The smallest absolute Gasteiger partial charge is 0.292 e. The molecule has 14 heteroatoms. The fourth-order valence-corrected chi connectivity index (χ4v) is 2.83. The van der Waals surface area contributed by atoms with Gasteiger partial charge in [0.2, 0.25) is 17.5 Å². The van der Waals surface area contributed by atoms with E-state index in [1.54, 1.807) is 24.3 Å². The fraction of sp³-hybridized carbons (Fsp3) is 0.250. The molecule has 1 N–H and O–H groups in total. The van der Waals surface area contributed by atoms with E-state index in [0.717, 1.165) is 12.5 Å². The molecule has 1 amide bonds. The van der Waals surface area contributed by atoms with Gasteiger partial charge in [-0.1, -0.05) is 29.8 Å². The van der Waals surface area contributed by atoms with Crippen molar-refractivity contribution in [3.63, 3.8) is 0 Å². The average molecular weight is 444 g/mol. The van der Waals surface area contributed by atoms with E-state index in [9.17, 15) is 28.1 Å². The maximum absolute atomic E-state index is 13.0. The van der Waals surface area contributed by atoms with Crippen molar-refractivity contribution in [3.05, 3.63) is 62.7 Å². The van der Waals surface area contributed by atoms with E-state index >= 15 is 0 Å². The highest BCUT2D eigenvalue weighted by Gasteiger charge is 2.44. The summed E-state index contributed by atoms with van der Waals surface area (Å²) in [4.78, 5) is 25.9. The molecule has 0 unspecified atom stereocenters. The van der Waals surface area contributed by atoms with Crippen LogP contribution in [0, 0.1) is 17.0 Å². The topological polar surface area (TPSA) is 121 Å². The number of nitrogens with one attached hydrogen (secondary N) is 1. The van der Waals surface area contributed by atoms with Crippen molar-refractivity contribution in [2.24, 2.45) is 0 Å². The summed E-state index contributed by atoms with van der Waals surface area (Å²) in [6.45, 7) is 0.661. The van der Waals surface area contributed by atoms with E-state index in [2.05, 4.69) is 20.5 Å². The number of carbonyl (C=O) groups is 1. The average Bonchev–Trinajstić information content (AvgIpc) is 3.21. The summed E-state index contributed by atoms with van der Waals surface area (Å²) >= 11 is 6.07. The Morgan fingerprint density at radius 2 is 2.00 bits per heavy atom. The van der Waals surface area contributed by atoms with Gasteiger partial charge in [0.15, 0.2) is 0 Å². The molecule has 0 radical (unpaired) electrons. The lowest BCUT2D eigenvalue weighted by Crippen LogP contribution is -2.21. The minimum Gasteiger partial charge on any atom is -0.292 e. The van der Waals surface area contributed by atoms with Crippen LogP contribution in [0.3, 0.4) is 0 Å². The van der Waals surface area contributed by atoms with Crippen LogP contribution in [0.4, 0.5) is 24.8 Å². The summed E-state index contributed by atoms with van der Waals surface area (Å²) in [5.41, 5.74) is -2.50. The van der Waals surface area contributed by atoms with Crippen LogP contribution in [0.15, 0.2) is 30.6 Å². The number of halogens is 4. The predicted octanol–water partition coefficient (Wildman–Crippen LogP) is 3.05. The van der Waals surface area contributed by atoms with Crippen molar-refractivity contribution in [1.82, 2.24) is 24.5 Å². The van der Waals surface area contributed by atoms with Gasteiger partial charge in [0.1, 0.15) is 18.6 Å². The first-order chi connectivity index (χ1) is 14.1. The zero-order valence-corrected chi connectivity index (χ0v) is 16.0. The van der Waals surface area contributed by atoms with E-state index in [-0.39, 0.29) is 12.5 Å². The number of nitrogens with zero attached hydrogens (tertiary/aromatic N) is 6. The third-order valence-corrected chi connectivity index (χ3v) is 4.37. The van der Waals surface area contributed by atoms with Gasteiger partial charge in [-0.25, -0.2) is 9.67 Å². The Kier molecular flexibility index (Phi) is 5.73. The van der Waals surface area contributed by atoms with Gasteiger partial charge in [0.25, 0.3) is 0 Å². The molecule has 3 rings (SSSR count). The highest BCUT2D eigenvalue weighted by Crippen LogP contribution is 2.36. The zero-order valence-electron chi connectivity index (χ0n) is 15.2. The maximum Gasteiger partial charge on any atom is 0.442 e. The van der Waals surface area contributed by atoms with Crippen LogP contribution < -0.4 is 5.32 Å². The number of nitro groups is 1. The Labute approximate surface area is 171 Å². The van der Waals surface area contributed by atoms with Crippen LogP contribution in [0.2, 0.25) is 5.02 Å². The number of anilines is 1. The second-order valence-electron chi connectivity index (χ2n) is 6.10. The van der Waals surface area contributed by atoms with Crippen molar-refractivity contribution in [2.45, 2.75) is 26.2 Å². The first-order valence-corrected chi connectivity index (χ1v) is 8.65. The minimum atomic E-state index is -5.03. The zero-order chi connectivity index (χ0) is 22.1. The maximum atomic E-state index is 13.0. The predicted molar refractivity (Wildman–Crippen MR) is 97.8 cm³/mol. The molecule has 2 aromatic heterocycles. The standard InChI is InChI=1S/C16H13ClF3N7O3/c1-9-13(27(29)30)14(16(18,19)20)23-26(9)7-12(28)22-15-21-8-25(24-15)6-10-4-2-3-5-11(10)17/h2-5,8H,6-7H2,1H3,(H,22,24,28). The van der Waals surface area contributed by atoms with Crippen molar-refractivity contribution in [1.29, 1.82) is 0 Å². The SMILES string of the molecule is Cc1c([N+](=O)[O-])c(C(F)(F)F)nn1CC(=O)Nc1ncn(Cc2ccccc2Cl)n1. The molecule has 10 nitrogen and oxygen atoms in total. The molecule has 0 aliphatic rings. The van der Waals surface area contributed by atoms with E-state index in [4.69, 9.17) is 11.6 Å². The number of hydrogen-bond donors (Lipinski definition) is 1. The normalized spacial score (nSPS) is 11.5. The Morgan fingerprint density at radius 1 is 1.30 bits per heavy atom. The minimum absolute atomic E-state index is 0.0950. The number of aromatic nitrogens is 5. The quantitative estimate of drug-likeness (QED) is 0.461. The molecule has 0 saturated heterocycles. The van der Waals surface area contributed by atoms with Gasteiger partial charge in [0.05, 0.1) is 11.5 Å². The van der Waals surface area contributed by atoms with Crippen molar-refractivity contribution in [3.8, 4) is 0 Å². The van der Waals surface area contributed by atoms with Crippen LogP contribution in [0.5, 0.6) is 0 Å². The lowest BCUT2D eigenvalue weighted by molar-refractivity contribution is -0.388.